The zero-order chi connectivity index (χ0) is 23.5. The highest BCUT2D eigenvalue weighted by Gasteiger charge is 2.20. The molecule has 0 amide bonds. The molecule has 176 valence electrons. The minimum absolute atomic E-state index is 0.0746. The lowest BCUT2D eigenvalue weighted by Crippen LogP contribution is -2.38. The molecule has 1 aliphatic carbocycles. The molecule has 0 spiro atoms. The van der Waals surface area contributed by atoms with Gasteiger partial charge in [-0.2, -0.15) is 0 Å². The summed E-state index contributed by atoms with van der Waals surface area (Å²) in [5.74, 6) is 0.316. The van der Waals surface area contributed by atoms with Gasteiger partial charge in [0.05, 0.1) is 35.6 Å². The summed E-state index contributed by atoms with van der Waals surface area (Å²) in [5, 5.41) is 13.7. The largest absolute Gasteiger partial charge is 0.492 e. The molecule has 34 heavy (non-hydrogen) atoms. The van der Waals surface area contributed by atoms with Crippen LogP contribution in [0.15, 0.2) is 42.6 Å². The van der Waals surface area contributed by atoms with E-state index in [0.29, 0.717) is 6.61 Å². The fourth-order valence-corrected chi connectivity index (χ4v) is 4.21. The third-order valence-corrected chi connectivity index (χ3v) is 6.05. The van der Waals surface area contributed by atoms with Crippen molar-refractivity contribution in [3.8, 4) is 17.0 Å². The van der Waals surface area contributed by atoms with E-state index in [4.69, 9.17) is 9.47 Å². The van der Waals surface area contributed by atoms with Crippen molar-refractivity contribution in [2.75, 3.05) is 44.8 Å². The maximum atomic E-state index is 14.3. The maximum Gasteiger partial charge on any atom is 0.272 e. The zero-order valence-electron chi connectivity index (χ0n) is 18.5. The van der Waals surface area contributed by atoms with E-state index in [1.807, 2.05) is 12.1 Å². The number of aryl methyl sites for hydroxylation is 2. The number of hydrogen-bond donors (Lipinski definition) is 1. The van der Waals surface area contributed by atoms with Crippen LogP contribution in [-0.2, 0) is 17.6 Å². The van der Waals surface area contributed by atoms with Crippen LogP contribution < -0.4 is 10.1 Å². The van der Waals surface area contributed by atoms with Gasteiger partial charge in [-0.15, -0.1) is 0 Å². The van der Waals surface area contributed by atoms with Crippen molar-refractivity contribution in [3.63, 3.8) is 0 Å². The lowest BCUT2D eigenvalue weighted by molar-refractivity contribution is -0.385. The third kappa shape index (κ3) is 4.82. The van der Waals surface area contributed by atoms with Crippen molar-refractivity contribution in [2.24, 2.45) is 0 Å². The predicted molar refractivity (Wildman–Crippen MR) is 124 cm³/mol. The number of nitro benzene ring substituents is 1. The summed E-state index contributed by atoms with van der Waals surface area (Å²) in [5.41, 5.74) is 3.71. The fraction of sp³-hybridized carbons (Fsp3) is 0.333. The summed E-state index contributed by atoms with van der Waals surface area (Å²) in [6.07, 6.45) is 3.39. The van der Waals surface area contributed by atoms with E-state index in [1.165, 1.54) is 12.1 Å². The number of benzene rings is 2. The van der Waals surface area contributed by atoms with Crippen molar-refractivity contribution >= 4 is 17.3 Å². The molecule has 0 radical (unpaired) electrons. The Kier molecular flexibility index (Phi) is 6.33. The average Bonchev–Trinajstić information content (AvgIpc) is 2.85. The molecule has 2 aliphatic rings. The number of non-ortho nitro benzene ring substituents is 1. The lowest BCUT2D eigenvalue weighted by atomic mass is 9.90. The summed E-state index contributed by atoms with van der Waals surface area (Å²) in [6.45, 7) is 4.90. The van der Waals surface area contributed by atoms with Crippen LogP contribution in [0.25, 0.3) is 11.3 Å². The molecule has 0 saturated carbocycles. The minimum Gasteiger partial charge on any atom is -0.492 e. The van der Waals surface area contributed by atoms with Crippen LogP contribution in [0.5, 0.6) is 5.75 Å². The highest BCUT2D eigenvalue weighted by atomic mass is 19.1. The van der Waals surface area contributed by atoms with Crippen molar-refractivity contribution in [3.05, 3.63) is 69.7 Å². The van der Waals surface area contributed by atoms with Crippen molar-refractivity contribution in [2.45, 2.75) is 12.8 Å². The second-order valence-electron chi connectivity index (χ2n) is 8.24. The Labute approximate surface area is 195 Å². The van der Waals surface area contributed by atoms with E-state index in [9.17, 15) is 14.5 Å². The smallest absolute Gasteiger partial charge is 0.272 e. The van der Waals surface area contributed by atoms with Gasteiger partial charge in [0.15, 0.2) is 5.82 Å². The van der Waals surface area contributed by atoms with Crippen LogP contribution in [0.1, 0.15) is 11.1 Å². The first-order valence-corrected chi connectivity index (χ1v) is 11.2. The van der Waals surface area contributed by atoms with Crippen LogP contribution in [0.4, 0.5) is 21.7 Å². The highest BCUT2D eigenvalue weighted by molar-refractivity contribution is 5.71. The normalized spacial score (nSPS) is 15.3. The molecule has 0 bridgehead atoms. The number of hydrogen-bond acceptors (Lipinski definition) is 8. The molecule has 0 atom stereocenters. The summed E-state index contributed by atoms with van der Waals surface area (Å²) in [4.78, 5) is 21.4. The molecule has 2 heterocycles. The Morgan fingerprint density at radius 3 is 2.76 bits per heavy atom. The predicted octanol–water partition coefficient (Wildman–Crippen LogP) is 3.74. The second kappa shape index (κ2) is 9.70. The van der Waals surface area contributed by atoms with Gasteiger partial charge < -0.3 is 14.8 Å². The topological polar surface area (TPSA) is 103 Å². The Balaban J connectivity index is 1.30. The van der Waals surface area contributed by atoms with Crippen molar-refractivity contribution < 1.29 is 18.8 Å². The molecule has 3 aromatic rings. The molecule has 5 rings (SSSR count). The van der Waals surface area contributed by atoms with E-state index in [0.717, 1.165) is 79.9 Å². The number of aromatic nitrogens is 2. The summed E-state index contributed by atoms with van der Waals surface area (Å²) in [7, 11) is 0. The molecule has 1 aliphatic heterocycles. The average molecular weight is 465 g/mol. The molecule has 0 unspecified atom stereocenters. The Hall–Kier alpha value is -3.63. The van der Waals surface area contributed by atoms with E-state index in [2.05, 4.69) is 26.3 Å². The van der Waals surface area contributed by atoms with E-state index < -0.39 is 10.7 Å². The SMILES string of the molecule is O=[N+]([O-])c1ccc(Nc2ncc3c(n2)-c2ccc(OCCN4CCOCC4)cc2CC3)c(F)c1. The van der Waals surface area contributed by atoms with Gasteiger partial charge in [-0.05, 0) is 48.2 Å². The van der Waals surface area contributed by atoms with E-state index >= 15 is 0 Å². The van der Waals surface area contributed by atoms with Gasteiger partial charge in [-0.3, -0.25) is 15.0 Å². The number of halogens is 1. The van der Waals surface area contributed by atoms with Gasteiger partial charge in [0, 0.05) is 37.5 Å². The van der Waals surface area contributed by atoms with E-state index in [1.54, 1.807) is 6.20 Å². The number of fused-ring (bicyclic) bond motifs is 3. The molecule has 1 N–H and O–H groups in total. The second-order valence-corrected chi connectivity index (χ2v) is 8.24. The summed E-state index contributed by atoms with van der Waals surface area (Å²) < 4.78 is 25.7. The van der Waals surface area contributed by atoms with Gasteiger partial charge >= 0.3 is 0 Å². The number of nitro groups is 1. The standard InChI is InChI=1S/C24H24FN5O4/c25-21-14-18(30(31)32)3-6-22(21)27-24-26-15-17-2-1-16-13-19(4-5-20(16)23(17)28-24)34-12-9-29-7-10-33-11-8-29/h3-6,13-15H,1-2,7-12H2,(H,26,27,28). The minimum atomic E-state index is -0.741. The van der Waals surface area contributed by atoms with Crippen LogP contribution in [0.3, 0.4) is 0 Å². The van der Waals surface area contributed by atoms with E-state index in [-0.39, 0.29) is 17.3 Å². The first-order chi connectivity index (χ1) is 16.6. The lowest BCUT2D eigenvalue weighted by Gasteiger charge is -2.26. The monoisotopic (exact) mass is 465 g/mol. The first-order valence-electron chi connectivity index (χ1n) is 11.2. The summed E-state index contributed by atoms with van der Waals surface area (Å²) in [6, 6.07) is 9.42. The van der Waals surface area contributed by atoms with Crippen LogP contribution in [0.2, 0.25) is 0 Å². The number of nitrogens with one attached hydrogen (secondary N) is 1. The number of anilines is 2. The number of morpholine rings is 1. The number of rotatable bonds is 7. The Bertz CT molecular complexity index is 1220. The van der Waals surface area contributed by atoms with Crippen molar-refractivity contribution in [1.29, 1.82) is 0 Å². The molecule has 1 aromatic heterocycles. The van der Waals surface area contributed by atoms with Gasteiger partial charge in [0.1, 0.15) is 12.4 Å². The third-order valence-electron chi connectivity index (χ3n) is 6.05. The van der Waals surface area contributed by atoms with Crippen LogP contribution >= 0.6 is 0 Å². The van der Waals surface area contributed by atoms with Gasteiger partial charge in [-0.1, -0.05) is 0 Å². The highest BCUT2D eigenvalue weighted by Crippen LogP contribution is 2.35. The summed E-state index contributed by atoms with van der Waals surface area (Å²) >= 11 is 0. The molecular weight excluding hydrogens is 441 g/mol. The molecule has 1 saturated heterocycles. The van der Waals surface area contributed by atoms with Crippen LogP contribution in [-0.4, -0.2) is 59.2 Å². The number of nitrogens with zero attached hydrogens (tertiary/aromatic N) is 4. The maximum absolute atomic E-state index is 14.3. The Morgan fingerprint density at radius 1 is 1.15 bits per heavy atom. The molecule has 9 nitrogen and oxygen atoms in total. The van der Waals surface area contributed by atoms with Gasteiger partial charge in [0.2, 0.25) is 5.95 Å². The molecule has 1 fully saturated rings. The first kappa shape index (κ1) is 22.2. The number of ether oxygens (including phenoxy) is 2. The van der Waals surface area contributed by atoms with Gasteiger partial charge in [0.25, 0.3) is 5.69 Å². The fourth-order valence-electron chi connectivity index (χ4n) is 4.21. The van der Waals surface area contributed by atoms with Crippen molar-refractivity contribution in [1.82, 2.24) is 14.9 Å². The van der Waals surface area contributed by atoms with Crippen LogP contribution in [0, 0.1) is 15.9 Å². The molecule has 2 aromatic carbocycles. The molecule has 10 heteroatoms. The Morgan fingerprint density at radius 2 is 1.97 bits per heavy atom. The quantitative estimate of drug-likeness (QED) is 0.416. The van der Waals surface area contributed by atoms with Gasteiger partial charge in [-0.25, -0.2) is 14.4 Å². The molecular formula is C24H24FN5O4. The zero-order valence-corrected chi connectivity index (χ0v) is 18.5.